The van der Waals surface area contributed by atoms with Crippen molar-refractivity contribution >= 4 is 59.3 Å². The fourth-order valence-electron chi connectivity index (χ4n) is 1.44. The van der Waals surface area contributed by atoms with Crippen molar-refractivity contribution in [1.29, 1.82) is 0 Å². The van der Waals surface area contributed by atoms with Crippen LogP contribution in [0, 0.1) is 0 Å². The molecular weight excluding hydrogens is 408 g/mol. The third-order valence-electron chi connectivity index (χ3n) is 2.41. The Balaban J connectivity index is 3.20. The van der Waals surface area contributed by atoms with Crippen molar-refractivity contribution in [3.05, 3.63) is 19.2 Å². The lowest BCUT2D eigenvalue weighted by atomic mass is 10.3. The van der Waals surface area contributed by atoms with Crippen LogP contribution in [0.25, 0.3) is 0 Å². The monoisotopic (exact) mass is 418 g/mol. The van der Waals surface area contributed by atoms with Gasteiger partial charge in [-0.1, -0.05) is 0 Å². The predicted molar refractivity (Wildman–Crippen MR) is 79.0 cm³/mol. The molecule has 1 aromatic heterocycles. The van der Waals surface area contributed by atoms with Gasteiger partial charge < -0.3 is 5.73 Å². The zero-order valence-electron chi connectivity index (χ0n) is 9.68. The highest BCUT2D eigenvalue weighted by Crippen LogP contribution is 2.38. The van der Waals surface area contributed by atoms with Gasteiger partial charge in [0.15, 0.2) is 0 Å². The van der Waals surface area contributed by atoms with E-state index in [1.165, 1.54) is 18.3 Å². The summed E-state index contributed by atoms with van der Waals surface area (Å²) in [5.74, 6) is 0. The summed E-state index contributed by atoms with van der Waals surface area (Å²) in [5.41, 5.74) is 5.69. The number of nitrogens with two attached hydrogens (primary N) is 1. The van der Waals surface area contributed by atoms with E-state index in [9.17, 15) is 13.2 Å². The summed E-state index contributed by atoms with van der Waals surface area (Å²) in [6.07, 6.45) is 0. The Bertz CT molecular complexity index is 556. The first-order valence-corrected chi connectivity index (χ1v) is 8.88. The second-order valence-corrected chi connectivity index (χ2v) is 9.40. The molecule has 0 spiro atoms. The van der Waals surface area contributed by atoms with Crippen LogP contribution in [0.3, 0.4) is 0 Å². The molecule has 0 radical (unpaired) electrons. The molecule has 1 rings (SSSR count). The molecule has 0 bridgehead atoms. The van der Waals surface area contributed by atoms with E-state index in [1.807, 2.05) is 0 Å². The van der Waals surface area contributed by atoms with E-state index < -0.39 is 21.3 Å². The normalized spacial score (nSPS) is 13.3. The van der Waals surface area contributed by atoms with Gasteiger partial charge in [-0.05, 0) is 57.3 Å². The van der Waals surface area contributed by atoms with E-state index in [0.717, 1.165) is 3.79 Å². The first-order chi connectivity index (χ1) is 8.21. The van der Waals surface area contributed by atoms with E-state index in [4.69, 9.17) is 5.73 Å². The topological polar surface area (TPSA) is 80.5 Å². The van der Waals surface area contributed by atoms with Gasteiger partial charge in [0.05, 0.1) is 7.57 Å². The lowest BCUT2D eigenvalue weighted by molar-refractivity contribution is 0.233. The van der Waals surface area contributed by atoms with Crippen LogP contribution in [-0.4, -0.2) is 25.3 Å². The lowest BCUT2D eigenvalue weighted by Crippen LogP contribution is -2.42. The number of rotatable bonds is 4. The summed E-state index contributed by atoms with van der Waals surface area (Å²) in [5, 5.41) is -0.845. The molecular formula is C9H12Br2N2O3S2. The maximum absolute atomic E-state index is 12.3. The van der Waals surface area contributed by atoms with Crippen LogP contribution >= 0.6 is 43.2 Å². The van der Waals surface area contributed by atoms with Crippen molar-refractivity contribution in [2.24, 2.45) is 5.73 Å². The van der Waals surface area contributed by atoms with Crippen LogP contribution < -0.4 is 5.73 Å². The number of hydrogen-bond donors (Lipinski definition) is 1. The van der Waals surface area contributed by atoms with Gasteiger partial charge in [0.2, 0.25) is 10.0 Å². The van der Waals surface area contributed by atoms with Crippen LogP contribution in [0.1, 0.15) is 24.7 Å². The Morgan fingerprint density at radius 3 is 2.44 bits per heavy atom. The minimum Gasteiger partial charge on any atom is -0.351 e. The zero-order valence-corrected chi connectivity index (χ0v) is 14.5. The molecule has 0 aliphatic carbocycles. The summed E-state index contributed by atoms with van der Waals surface area (Å²) in [7, 11) is -3.80. The standard InChI is InChI=1S/C9H12Br2N2O3S2/c1-3-13(9(12)14)18(15,16)5(2)6-4-7(10)17-8(6)11/h4-5H,3H2,1-2H3,(H2,12,14). The number of amides is 2. The van der Waals surface area contributed by atoms with E-state index in [1.54, 1.807) is 13.0 Å². The van der Waals surface area contributed by atoms with Crippen molar-refractivity contribution in [3.8, 4) is 0 Å². The summed E-state index contributed by atoms with van der Waals surface area (Å²) in [4.78, 5) is 11.2. The van der Waals surface area contributed by atoms with E-state index in [-0.39, 0.29) is 6.54 Å². The molecule has 0 aliphatic rings. The molecule has 2 amide bonds. The number of hydrogen-bond acceptors (Lipinski definition) is 4. The van der Waals surface area contributed by atoms with E-state index in [2.05, 4.69) is 31.9 Å². The number of carbonyl (C=O) groups is 1. The molecule has 2 N–H and O–H groups in total. The summed E-state index contributed by atoms with van der Waals surface area (Å²) in [6.45, 7) is 3.11. The average molecular weight is 420 g/mol. The molecule has 5 nitrogen and oxygen atoms in total. The second kappa shape index (κ2) is 5.89. The number of urea groups is 1. The maximum Gasteiger partial charge on any atom is 0.328 e. The number of nitrogens with zero attached hydrogens (tertiary/aromatic N) is 1. The SMILES string of the molecule is CCN(C(N)=O)S(=O)(=O)C(C)c1cc(Br)sc1Br. The van der Waals surface area contributed by atoms with Gasteiger partial charge in [-0.15, -0.1) is 11.3 Å². The average Bonchev–Trinajstić information content (AvgIpc) is 2.56. The minimum absolute atomic E-state index is 0.0188. The molecule has 0 aromatic carbocycles. The lowest BCUT2D eigenvalue weighted by Gasteiger charge is -2.22. The minimum atomic E-state index is -3.80. The van der Waals surface area contributed by atoms with Crippen LogP contribution in [0.15, 0.2) is 13.6 Å². The molecule has 18 heavy (non-hydrogen) atoms. The van der Waals surface area contributed by atoms with Gasteiger partial charge in [0, 0.05) is 6.54 Å². The van der Waals surface area contributed by atoms with E-state index >= 15 is 0 Å². The quantitative estimate of drug-likeness (QED) is 0.814. The zero-order chi connectivity index (χ0) is 14.1. The van der Waals surface area contributed by atoms with Gasteiger partial charge in [-0.2, -0.15) is 0 Å². The molecule has 1 heterocycles. The van der Waals surface area contributed by atoms with Crippen LogP contribution in [0.4, 0.5) is 4.79 Å². The van der Waals surface area contributed by atoms with Gasteiger partial charge in [0.25, 0.3) is 0 Å². The van der Waals surface area contributed by atoms with Crippen LogP contribution in [0.2, 0.25) is 0 Å². The molecule has 0 fully saturated rings. The smallest absolute Gasteiger partial charge is 0.328 e. The number of halogens is 2. The highest BCUT2D eigenvalue weighted by molar-refractivity contribution is 9.12. The number of thiophene rings is 1. The molecule has 1 atom stereocenters. The van der Waals surface area contributed by atoms with E-state index in [0.29, 0.717) is 13.7 Å². The summed E-state index contributed by atoms with van der Waals surface area (Å²) < 4.78 is 26.7. The first kappa shape index (κ1) is 15.9. The Morgan fingerprint density at radius 2 is 2.11 bits per heavy atom. The third kappa shape index (κ3) is 3.06. The Hall–Kier alpha value is -0.120. The number of sulfonamides is 1. The molecule has 102 valence electrons. The highest BCUT2D eigenvalue weighted by Gasteiger charge is 2.33. The predicted octanol–water partition coefficient (Wildman–Crippen LogP) is 3.06. The third-order valence-corrected chi connectivity index (χ3v) is 6.99. The number of carbonyl (C=O) groups excluding carboxylic acids is 1. The first-order valence-electron chi connectivity index (χ1n) is 4.97. The van der Waals surface area contributed by atoms with Gasteiger partial charge in [0.1, 0.15) is 5.25 Å². The van der Waals surface area contributed by atoms with Crippen molar-refractivity contribution in [2.45, 2.75) is 19.1 Å². The largest absolute Gasteiger partial charge is 0.351 e. The summed E-state index contributed by atoms with van der Waals surface area (Å²) >= 11 is 7.97. The molecule has 0 saturated heterocycles. The number of primary amides is 1. The Kier molecular flexibility index (Phi) is 5.22. The van der Waals surface area contributed by atoms with Gasteiger partial charge >= 0.3 is 6.03 Å². The molecule has 0 saturated carbocycles. The Morgan fingerprint density at radius 1 is 1.56 bits per heavy atom. The maximum atomic E-state index is 12.3. The van der Waals surface area contributed by atoms with Crippen molar-refractivity contribution in [3.63, 3.8) is 0 Å². The molecule has 1 aromatic rings. The van der Waals surface area contributed by atoms with Gasteiger partial charge in [-0.3, -0.25) is 0 Å². The summed E-state index contributed by atoms with van der Waals surface area (Å²) in [6, 6.07) is 0.751. The van der Waals surface area contributed by atoms with Crippen molar-refractivity contribution in [1.82, 2.24) is 4.31 Å². The molecule has 1 unspecified atom stereocenters. The molecule has 0 aliphatic heterocycles. The molecule has 9 heteroatoms. The fraction of sp³-hybridized carbons (Fsp3) is 0.444. The second-order valence-electron chi connectivity index (χ2n) is 3.47. The van der Waals surface area contributed by atoms with Crippen LogP contribution in [-0.2, 0) is 10.0 Å². The fourth-order valence-corrected chi connectivity index (χ4v) is 6.24. The van der Waals surface area contributed by atoms with Gasteiger partial charge in [-0.25, -0.2) is 17.5 Å². The van der Waals surface area contributed by atoms with Crippen LogP contribution in [0.5, 0.6) is 0 Å². The van der Waals surface area contributed by atoms with Crippen molar-refractivity contribution < 1.29 is 13.2 Å². The Labute approximate surface area is 127 Å². The van der Waals surface area contributed by atoms with Crippen molar-refractivity contribution in [2.75, 3.05) is 6.54 Å². The highest BCUT2D eigenvalue weighted by atomic mass is 79.9.